The van der Waals surface area contributed by atoms with Gasteiger partial charge in [0.1, 0.15) is 16.3 Å². The highest BCUT2D eigenvalue weighted by atomic mass is 32.1. The number of carbonyl (C=O) groups excluding carboxylic acids is 2. The molecule has 1 amide bonds. The smallest absolute Gasteiger partial charge is 0.341 e. The average molecular weight is 412 g/mol. The van der Waals surface area contributed by atoms with E-state index in [9.17, 15) is 9.59 Å². The molecule has 1 aliphatic carbocycles. The summed E-state index contributed by atoms with van der Waals surface area (Å²) in [7, 11) is 0. The van der Waals surface area contributed by atoms with Crippen LogP contribution in [0.5, 0.6) is 0 Å². The van der Waals surface area contributed by atoms with Crippen LogP contribution in [0.15, 0.2) is 18.3 Å². The summed E-state index contributed by atoms with van der Waals surface area (Å²) in [5.74, 6) is -0.0552. The molecule has 0 spiro atoms. The summed E-state index contributed by atoms with van der Waals surface area (Å²) in [6.45, 7) is 8.13. The number of thiophene rings is 1. The number of imidazole rings is 1. The zero-order chi connectivity index (χ0) is 20.7. The molecule has 0 fully saturated rings. The molecule has 1 unspecified atom stereocenters. The van der Waals surface area contributed by atoms with Gasteiger partial charge in [0.15, 0.2) is 0 Å². The Balaban J connectivity index is 1.73. The number of amides is 1. The molecule has 0 aromatic carbocycles. The lowest BCUT2D eigenvalue weighted by Gasteiger charge is -2.18. The highest BCUT2D eigenvalue weighted by Crippen LogP contribution is 2.40. The number of rotatable bonds is 4. The molecule has 6 nitrogen and oxygen atoms in total. The second-order valence-electron chi connectivity index (χ2n) is 7.71. The van der Waals surface area contributed by atoms with Crippen molar-refractivity contribution in [2.24, 2.45) is 5.92 Å². The molecule has 4 rings (SSSR count). The number of hydrogen-bond acceptors (Lipinski definition) is 5. The Morgan fingerprint density at radius 2 is 2.17 bits per heavy atom. The molecule has 29 heavy (non-hydrogen) atoms. The van der Waals surface area contributed by atoms with E-state index in [1.165, 1.54) is 16.2 Å². The molecule has 1 atom stereocenters. The molecule has 0 saturated carbocycles. The van der Waals surface area contributed by atoms with Crippen molar-refractivity contribution in [1.29, 1.82) is 0 Å². The Morgan fingerprint density at radius 3 is 2.93 bits per heavy atom. The molecular weight excluding hydrogens is 386 g/mol. The van der Waals surface area contributed by atoms with Crippen LogP contribution in [-0.4, -0.2) is 27.9 Å². The summed E-state index contributed by atoms with van der Waals surface area (Å²) in [6.07, 6.45) is 4.66. The summed E-state index contributed by atoms with van der Waals surface area (Å²) in [6, 6.07) is 3.89. The Labute approximate surface area is 173 Å². The lowest BCUT2D eigenvalue weighted by atomic mass is 9.88. The molecular formula is C22H25N3O3S. The number of hydrogen-bond donors (Lipinski definition) is 1. The molecule has 3 aromatic rings. The van der Waals surface area contributed by atoms with Crippen molar-refractivity contribution >= 4 is 33.9 Å². The molecule has 1 aliphatic rings. The minimum atomic E-state index is -0.361. The lowest BCUT2D eigenvalue weighted by molar-refractivity contribution is 0.0526. The van der Waals surface area contributed by atoms with E-state index in [4.69, 9.17) is 4.74 Å². The zero-order valence-corrected chi connectivity index (χ0v) is 18.0. The first kappa shape index (κ1) is 19.6. The maximum atomic E-state index is 13.2. The predicted octanol–water partition coefficient (Wildman–Crippen LogP) is 4.57. The molecule has 1 N–H and O–H groups in total. The van der Waals surface area contributed by atoms with Crippen molar-refractivity contribution in [3.8, 4) is 0 Å². The van der Waals surface area contributed by atoms with Crippen molar-refractivity contribution in [3.63, 3.8) is 0 Å². The monoisotopic (exact) mass is 411 g/mol. The van der Waals surface area contributed by atoms with E-state index < -0.39 is 0 Å². The van der Waals surface area contributed by atoms with E-state index in [1.54, 1.807) is 11.3 Å². The quantitative estimate of drug-likeness (QED) is 0.639. The van der Waals surface area contributed by atoms with Gasteiger partial charge in [0.2, 0.25) is 0 Å². The second-order valence-corrected chi connectivity index (χ2v) is 8.81. The summed E-state index contributed by atoms with van der Waals surface area (Å²) in [5.41, 5.74) is 4.51. The van der Waals surface area contributed by atoms with Crippen molar-refractivity contribution < 1.29 is 14.3 Å². The third-order valence-corrected chi connectivity index (χ3v) is 6.56. The normalized spacial score (nSPS) is 15.9. The largest absolute Gasteiger partial charge is 0.462 e. The van der Waals surface area contributed by atoms with Crippen LogP contribution in [0.3, 0.4) is 0 Å². The molecule has 3 aromatic heterocycles. The van der Waals surface area contributed by atoms with E-state index >= 15 is 0 Å². The SMILES string of the molecule is CCOC(=O)c1c(NC(=O)c2c(C)nc3cc(C)ccn23)sc2c1CCC(C)C2. The maximum absolute atomic E-state index is 13.2. The van der Waals surface area contributed by atoms with Gasteiger partial charge in [0.25, 0.3) is 5.91 Å². The van der Waals surface area contributed by atoms with Crippen molar-refractivity contribution in [3.05, 3.63) is 51.3 Å². The highest BCUT2D eigenvalue weighted by molar-refractivity contribution is 7.17. The fraction of sp³-hybridized carbons (Fsp3) is 0.409. The van der Waals surface area contributed by atoms with Gasteiger partial charge in [-0.05, 0) is 69.2 Å². The van der Waals surface area contributed by atoms with Crippen LogP contribution < -0.4 is 5.32 Å². The number of anilines is 1. The number of ether oxygens (including phenoxy) is 1. The van der Waals surface area contributed by atoms with Crippen LogP contribution in [0.25, 0.3) is 5.65 Å². The van der Waals surface area contributed by atoms with Crippen LogP contribution in [-0.2, 0) is 17.6 Å². The van der Waals surface area contributed by atoms with Crippen molar-refractivity contribution in [1.82, 2.24) is 9.38 Å². The number of aromatic nitrogens is 2. The Morgan fingerprint density at radius 1 is 1.38 bits per heavy atom. The maximum Gasteiger partial charge on any atom is 0.341 e. The summed E-state index contributed by atoms with van der Waals surface area (Å²) in [4.78, 5) is 31.6. The molecule has 152 valence electrons. The topological polar surface area (TPSA) is 72.7 Å². The van der Waals surface area contributed by atoms with Gasteiger partial charge >= 0.3 is 5.97 Å². The molecule has 0 saturated heterocycles. The fourth-order valence-corrected chi connectivity index (χ4v) is 5.35. The first-order chi connectivity index (χ1) is 13.9. The van der Waals surface area contributed by atoms with Crippen LogP contribution in [0.1, 0.15) is 62.8 Å². The number of aryl methyl sites for hydroxylation is 2. The van der Waals surface area contributed by atoms with E-state index in [0.717, 1.165) is 36.0 Å². The van der Waals surface area contributed by atoms with Gasteiger partial charge in [-0.2, -0.15) is 0 Å². The van der Waals surface area contributed by atoms with Gasteiger partial charge in [0, 0.05) is 11.1 Å². The van der Waals surface area contributed by atoms with E-state index in [1.807, 2.05) is 32.2 Å². The van der Waals surface area contributed by atoms with Crippen LogP contribution in [0.4, 0.5) is 5.00 Å². The van der Waals surface area contributed by atoms with Crippen molar-refractivity contribution in [2.75, 3.05) is 11.9 Å². The van der Waals surface area contributed by atoms with Gasteiger partial charge in [-0.25, -0.2) is 9.78 Å². The zero-order valence-electron chi connectivity index (χ0n) is 17.2. The molecule has 0 aliphatic heterocycles. The van der Waals surface area contributed by atoms with Gasteiger partial charge in [-0.15, -0.1) is 11.3 Å². The van der Waals surface area contributed by atoms with Crippen LogP contribution in [0, 0.1) is 19.8 Å². The first-order valence-electron chi connectivity index (χ1n) is 9.97. The number of carbonyl (C=O) groups is 2. The summed E-state index contributed by atoms with van der Waals surface area (Å²) < 4.78 is 7.09. The second kappa shape index (κ2) is 7.63. The van der Waals surface area contributed by atoms with Gasteiger partial charge in [-0.3, -0.25) is 9.20 Å². The summed E-state index contributed by atoms with van der Waals surface area (Å²) in [5, 5.41) is 3.57. The minimum Gasteiger partial charge on any atom is -0.462 e. The Bertz CT molecular complexity index is 1110. The average Bonchev–Trinajstić information content (AvgIpc) is 3.17. The Hall–Kier alpha value is -2.67. The predicted molar refractivity (Wildman–Crippen MR) is 114 cm³/mol. The molecule has 0 bridgehead atoms. The van der Waals surface area contributed by atoms with Gasteiger partial charge in [-0.1, -0.05) is 6.92 Å². The number of esters is 1. The van der Waals surface area contributed by atoms with Crippen LogP contribution in [0.2, 0.25) is 0 Å². The number of nitrogens with zero attached hydrogens (tertiary/aromatic N) is 2. The number of fused-ring (bicyclic) bond motifs is 2. The fourth-order valence-electron chi connectivity index (χ4n) is 3.96. The molecule has 3 heterocycles. The minimum absolute atomic E-state index is 0.268. The van der Waals surface area contributed by atoms with E-state index in [-0.39, 0.29) is 11.9 Å². The van der Waals surface area contributed by atoms with E-state index in [0.29, 0.717) is 34.5 Å². The molecule has 7 heteroatoms. The van der Waals surface area contributed by atoms with Gasteiger partial charge in [0.05, 0.1) is 17.9 Å². The molecule has 0 radical (unpaired) electrons. The third kappa shape index (κ3) is 3.55. The van der Waals surface area contributed by atoms with Crippen molar-refractivity contribution in [2.45, 2.75) is 47.0 Å². The lowest BCUT2D eigenvalue weighted by Crippen LogP contribution is -2.18. The standard InChI is InChI=1S/C22H25N3O3S/c1-5-28-22(27)18-15-7-6-12(2)10-16(15)29-21(18)24-20(26)19-14(4)23-17-11-13(3)8-9-25(17)19/h8-9,11-12H,5-7,10H2,1-4H3,(H,24,26). The first-order valence-corrected chi connectivity index (χ1v) is 10.8. The highest BCUT2D eigenvalue weighted by Gasteiger charge is 2.30. The summed E-state index contributed by atoms with van der Waals surface area (Å²) >= 11 is 1.50. The number of nitrogens with one attached hydrogen (secondary N) is 1. The third-order valence-electron chi connectivity index (χ3n) is 5.39. The Kier molecular flexibility index (Phi) is 5.17. The van der Waals surface area contributed by atoms with E-state index in [2.05, 4.69) is 17.2 Å². The van der Waals surface area contributed by atoms with Crippen LogP contribution >= 0.6 is 11.3 Å². The number of pyridine rings is 1. The van der Waals surface area contributed by atoms with Gasteiger partial charge < -0.3 is 10.1 Å².